The zero-order valence-electron chi connectivity index (χ0n) is 30.6. The van der Waals surface area contributed by atoms with E-state index in [4.69, 9.17) is 9.15 Å². The zero-order chi connectivity index (χ0) is 37.2. The quantitative estimate of drug-likeness (QED) is 0.344. The molecule has 4 aliphatic heterocycles. The lowest BCUT2D eigenvalue weighted by Gasteiger charge is -2.41. The van der Waals surface area contributed by atoms with Crippen LogP contribution in [0.2, 0.25) is 0 Å². The molecule has 7 rings (SSSR count). The standard InChI is InChI=1S/C37H47FN6O7S/c1-21-17-30(42-16-15-41(5)25(18-42)20-50-6)22(2)34-31(21)26-13-14-43(19-29(26)37(47)51-34)36(46)27-11-12-28(35(45)39-52(48,49)40(3)4)33(32(27)38)44-23-7-8-24(44)10-9-23/h11-12,17,23-25H,7-10,13-16,18-20H2,1-6H3,(H,39,45)/t23?,24?,25-/m1/s1. The number of fused-ring (bicyclic) bond motifs is 5. The highest BCUT2D eigenvalue weighted by atomic mass is 32.2. The van der Waals surface area contributed by atoms with Crippen LogP contribution in [0.3, 0.4) is 0 Å². The molecular weight excluding hydrogens is 692 g/mol. The minimum Gasteiger partial charge on any atom is -0.422 e. The summed E-state index contributed by atoms with van der Waals surface area (Å²) in [5.74, 6) is -2.46. The number of carbonyl (C=O) groups is 2. The number of anilines is 2. The monoisotopic (exact) mass is 738 g/mol. The second-order valence-electron chi connectivity index (χ2n) is 14.8. The SMILES string of the molecule is COC[C@H]1CN(c2cc(C)c3c4c(c(=O)oc3c2C)CN(C(=O)c2ccc(C(=O)NS(=O)(=O)N(C)C)c(N3C5CCC3CC5)c2F)CC4)CCN1C. The topological polar surface area (TPSA) is 136 Å². The van der Waals surface area contributed by atoms with Gasteiger partial charge in [-0.3, -0.25) is 14.5 Å². The molecule has 15 heteroatoms. The number of nitrogens with one attached hydrogen (secondary N) is 1. The van der Waals surface area contributed by atoms with Gasteiger partial charge in [0.15, 0.2) is 5.82 Å². The summed E-state index contributed by atoms with van der Waals surface area (Å²) < 4.78 is 56.2. The highest BCUT2D eigenvalue weighted by molar-refractivity contribution is 7.87. The third-order valence-corrected chi connectivity index (χ3v) is 13.0. The number of aryl methyl sites for hydroxylation is 2. The molecule has 0 aliphatic carbocycles. The van der Waals surface area contributed by atoms with Crippen molar-refractivity contribution in [1.29, 1.82) is 0 Å². The van der Waals surface area contributed by atoms with Crippen LogP contribution in [0.25, 0.3) is 11.0 Å². The van der Waals surface area contributed by atoms with Gasteiger partial charge in [0.1, 0.15) is 5.58 Å². The summed E-state index contributed by atoms with van der Waals surface area (Å²) in [6.45, 7) is 7.26. The molecule has 0 radical (unpaired) electrons. The summed E-state index contributed by atoms with van der Waals surface area (Å²) in [7, 11) is 2.22. The molecule has 2 amide bonds. The van der Waals surface area contributed by atoms with E-state index in [9.17, 15) is 22.8 Å². The van der Waals surface area contributed by atoms with Crippen molar-refractivity contribution in [2.45, 2.75) is 70.6 Å². The van der Waals surface area contributed by atoms with Crippen LogP contribution in [0.5, 0.6) is 0 Å². The zero-order valence-corrected chi connectivity index (χ0v) is 31.4. The van der Waals surface area contributed by atoms with Gasteiger partial charge >= 0.3 is 15.8 Å². The third-order valence-electron chi connectivity index (χ3n) is 11.6. The van der Waals surface area contributed by atoms with Crippen molar-refractivity contribution < 1.29 is 31.6 Å². The first-order chi connectivity index (χ1) is 24.7. The van der Waals surface area contributed by atoms with Gasteiger partial charge in [-0.25, -0.2) is 13.9 Å². The van der Waals surface area contributed by atoms with E-state index in [1.54, 1.807) is 7.11 Å². The number of methoxy groups -OCH3 is 1. The van der Waals surface area contributed by atoms with Crippen molar-refractivity contribution >= 4 is 44.4 Å². The highest BCUT2D eigenvalue weighted by Crippen LogP contribution is 2.44. The Balaban J connectivity index is 1.21. The lowest BCUT2D eigenvalue weighted by Crippen LogP contribution is -2.53. The number of halogens is 1. The van der Waals surface area contributed by atoms with Gasteiger partial charge in [0.05, 0.1) is 41.6 Å². The van der Waals surface area contributed by atoms with Crippen LogP contribution < -0.4 is 20.1 Å². The number of hydrogen-bond donors (Lipinski definition) is 1. The molecule has 1 N–H and O–H groups in total. The highest BCUT2D eigenvalue weighted by Gasteiger charge is 2.43. The van der Waals surface area contributed by atoms with Crippen LogP contribution in [0.15, 0.2) is 27.4 Å². The van der Waals surface area contributed by atoms with E-state index >= 15 is 4.39 Å². The summed E-state index contributed by atoms with van der Waals surface area (Å²) in [6.07, 6.45) is 3.64. The molecule has 52 heavy (non-hydrogen) atoms. The Bertz CT molecular complexity index is 2100. The molecule has 13 nitrogen and oxygen atoms in total. The lowest BCUT2D eigenvalue weighted by atomic mass is 9.92. The average Bonchev–Trinajstić information content (AvgIpc) is 3.70. The fourth-order valence-electron chi connectivity index (χ4n) is 8.67. The second-order valence-corrected chi connectivity index (χ2v) is 16.7. The maximum Gasteiger partial charge on any atom is 0.341 e. The molecule has 3 aromatic rings. The maximum atomic E-state index is 16.8. The van der Waals surface area contributed by atoms with Crippen molar-refractivity contribution in [2.24, 2.45) is 0 Å². The van der Waals surface area contributed by atoms with Crippen LogP contribution in [-0.2, 0) is 27.9 Å². The molecule has 4 aliphatic rings. The summed E-state index contributed by atoms with van der Waals surface area (Å²) in [5, 5.41) is 0.867. The Kier molecular flexibility index (Phi) is 9.59. The van der Waals surface area contributed by atoms with E-state index in [1.165, 1.54) is 31.1 Å². The summed E-state index contributed by atoms with van der Waals surface area (Å²) in [4.78, 5) is 49.0. The van der Waals surface area contributed by atoms with Crippen molar-refractivity contribution in [3.63, 3.8) is 0 Å². The molecule has 0 spiro atoms. The van der Waals surface area contributed by atoms with Gasteiger partial charge in [0, 0.05) is 76.1 Å². The third kappa shape index (κ3) is 6.14. The van der Waals surface area contributed by atoms with E-state index in [0.717, 1.165) is 77.4 Å². The molecule has 0 unspecified atom stereocenters. The number of nitrogens with zero attached hydrogens (tertiary/aromatic N) is 5. The molecule has 3 saturated heterocycles. The largest absolute Gasteiger partial charge is 0.422 e. The normalized spacial score (nSPS) is 22.1. The van der Waals surface area contributed by atoms with Gasteiger partial charge in [0.25, 0.3) is 11.8 Å². The first-order valence-corrected chi connectivity index (χ1v) is 19.3. The Hall–Kier alpha value is -4.05. The molecule has 0 saturated carbocycles. The first kappa shape index (κ1) is 36.3. The molecule has 2 bridgehead atoms. The number of rotatable bonds is 8. The van der Waals surface area contributed by atoms with Gasteiger partial charge in [-0.2, -0.15) is 12.7 Å². The Morgan fingerprint density at radius 1 is 1.04 bits per heavy atom. The van der Waals surface area contributed by atoms with Gasteiger partial charge in [-0.15, -0.1) is 0 Å². The molecule has 280 valence electrons. The number of hydrogen-bond acceptors (Lipinski definition) is 10. The summed E-state index contributed by atoms with van der Waals surface area (Å²) >= 11 is 0. The van der Waals surface area contributed by atoms with Crippen molar-refractivity contribution in [1.82, 2.24) is 18.8 Å². The van der Waals surface area contributed by atoms with Crippen molar-refractivity contribution in [3.05, 3.63) is 67.8 Å². The molecule has 1 atom stereocenters. The van der Waals surface area contributed by atoms with E-state index < -0.39 is 33.5 Å². The number of benzene rings is 2. The predicted octanol–water partition coefficient (Wildman–Crippen LogP) is 3.18. The number of carbonyl (C=O) groups excluding carboxylic acids is 2. The molecule has 3 fully saturated rings. The fraction of sp³-hybridized carbons (Fsp3) is 0.541. The summed E-state index contributed by atoms with van der Waals surface area (Å²) in [5.41, 5.74) is 3.65. The number of piperazine rings is 1. The van der Waals surface area contributed by atoms with E-state index in [0.29, 0.717) is 24.2 Å². The Labute approximate surface area is 303 Å². The minimum absolute atomic E-state index is 0.0168. The van der Waals surface area contributed by atoms with Gasteiger partial charge in [0.2, 0.25) is 0 Å². The van der Waals surface area contributed by atoms with E-state index in [1.807, 2.05) is 23.5 Å². The molecule has 1 aromatic heterocycles. The van der Waals surface area contributed by atoms with Gasteiger partial charge in [-0.1, -0.05) is 0 Å². The fourth-order valence-corrected chi connectivity index (χ4v) is 9.19. The number of likely N-dealkylation sites (N-methyl/N-ethyl adjacent to an activating group) is 1. The summed E-state index contributed by atoms with van der Waals surface area (Å²) in [6, 6.07) is 4.90. The van der Waals surface area contributed by atoms with Gasteiger partial charge in [-0.05, 0) is 82.3 Å². The van der Waals surface area contributed by atoms with Crippen LogP contribution in [0, 0.1) is 19.7 Å². The van der Waals surface area contributed by atoms with Crippen LogP contribution >= 0.6 is 0 Å². The number of amides is 2. The Morgan fingerprint density at radius 3 is 2.37 bits per heavy atom. The van der Waals surface area contributed by atoms with Gasteiger partial charge < -0.3 is 23.9 Å². The predicted molar refractivity (Wildman–Crippen MR) is 196 cm³/mol. The van der Waals surface area contributed by atoms with Crippen molar-refractivity contribution in [2.75, 3.05) is 70.8 Å². The minimum atomic E-state index is -4.15. The first-order valence-electron chi connectivity index (χ1n) is 17.9. The van der Waals surface area contributed by atoms with Crippen LogP contribution in [0.1, 0.15) is 68.7 Å². The Morgan fingerprint density at radius 2 is 1.71 bits per heavy atom. The van der Waals surface area contributed by atoms with E-state index in [-0.39, 0.29) is 48.0 Å². The average molecular weight is 739 g/mol. The second kappa shape index (κ2) is 13.7. The smallest absolute Gasteiger partial charge is 0.341 e. The molecular formula is C37H47FN6O7S. The molecule has 2 aromatic carbocycles. The number of ether oxygens (including phenoxy) is 1. The van der Waals surface area contributed by atoms with Crippen molar-refractivity contribution in [3.8, 4) is 0 Å². The maximum absolute atomic E-state index is 16.8. The van der Waals surface area contributed by atoms with Crippen LogP contribution in [-0.4, -0.2) is 114 Å². The lowest BCUT2D eigenvalue weighted by molar-refractivity contribution is 0.0727. The van der Waals surface area contributed by atoms with Crippen LogP contribution in [0.4, 0.5) is 15.8 Å². The van der Waals surface area contributed by atoms with E-state index in [2.05, 4.69) is 22.9 Å². The molecule has 5 heterocycles.